The number of ether oxygens (including phenoxy) is 1. The van der Waals surface area contributed by atoms with Crippen molar-refractivity contribution >= 4 is 29.1 Å². The molecule has 2 aromatic rings. The molecule has 180 valence electrons. The third kappa shape index (κ3) is 6.41. The summed E-state index contributed by atoms with van der Waals surface area (Å²) in [5, 5.41) is 2.79. The average molecular weight is 469 g/mol. The van der Waals surface area contributed by atoms with E-state index in [0.29, 0.717) is 31.9 Å². The van der Waals surface area contributed by atoms with E-state index < -0.39 is 5.82 Å². The summed E-state index contributed by atoms with van der Waals surface area (Å²) in [5.41, 5.74) is 1.66. The van der Waals surface area contributed by atoms with Gasteiger partial charge in [0.25, 0.3) is 5.91 Å². The summed E-state index contributed by atoms with van der Waals surface area (Å²) in [5.74, 6) is -1.42. The van der Waals surface area contributed by atoms with Crippen LogP contribution in [-0.2, 0) is 14.3 Å². The summed E-state index contributed by atoms with van der Waals surface area (Å²) >= 11 is 0. The van der Waals surface area contributed by atoms with Gasteiger partial charge in [-0.25, -0.2) is 4.39 Å². The molecule has 3 rings (SSSR count). The monoisotopic (exact) mass is 468 g/mol. The Labute approximate surface area is 198 Å². The molecule has 3 amide bonds. The van der Waals surface area contributed by atoms with Gasteiger partial charge in [0.1, 0.15) is 19.0 Å². The van der Waals surface area contributed by atoms with Crippen molar-refractivity contribution in [3.63, 3.8) is 0 Å². The van der Waals surface area contributed by atoms with Gasteiger partial charge in [0.05, 0.1) is 5.56 Å². The molecule has 1 saturated heterocycles. The van der Waals surface area contributed by atoms with E-state index in [0.717, 1.165) is 5.69 Å². The zero-order chi connectivity index (χ0) is 24.5. The Morgan fingerprint density at radius 3 is 2.38 bits per heavy atom. The summed E-state index contributed by atoms with van der Waals surface area (Å²) in [6.07, 6.45) is 1.55. The van der Waals surface area contributed by atoms with E-state index in [-0.39, 0.29) is 43.0 Å². The number of nitrogens with zero attached hydrogens (tertiary/aromatic N) is 3. The van der Waals surface area contributed by atoms with Crippen molar-refractivity contribution in [2.45, 2.75) is 0 Å². The lowest BCUT2D eigenvalue weighted by atomic mass is 10.1. The Morgan fingerprint density at radius 1 is 1.09 bits per heavy atom. The van der Waals surface area contributed by atoms with Gasteiger partial charge in [-0.3, -0.25) is 14.4 Å². The Kier molecular flexibility index (Phi) is 8.75. The molecule has 0 aliphatic carbocycles. The molecular weight excluding hydrogens is 439 g/mol. The van der Waals surface area contributed by atoms with Gasteiger partial charge < -0.3 is 24.8 Å². The number of anilines is 2. The third-order valence-electron chi connectivity index (χ3n) is 5.49. The van der Waals surface area contributed by atoms with Gasteiger partial charge in [0.2, 0.25) is 11.8 Å². The second-order valence-electron chi connectivity index (χ2n) is 7.85. The predicted molar refractivity (Wildman–Crippen MR) is 128 cm³/mol. The van der Waals surface area contributed by atoms with Gasteiger partial charge in [0.15, 0.2) is 0 Å². The molecule has 9 heteroatoms. The molecule has 0 unspecified atom stereocenters. The number of piperazine rings is 1. The molecule has 0 spiro atoms. The summed E-state index contributed by atoms with van der Waals surface area (Å²) in [6.45, 7) is 5.86. The number of methoxy groups -OCH3 is 1. The largest absolute Gasteiger partial charge is 0.375 e. The van der Waals surface area contributed by atoms with Crippen LogP contribution in [0.5, 0.6) is 0 Å². The van der Waals surface area contributed by atoms with E-state index in [4.69, 9.17) is 4.74 Å². The molecule has 0 aromatic heterocycles. The zero-order valence-corrected chi connectivity index (χ0v) is 19.2. The molecule has 0 atom stereocenters. The fraction of sp³-hybridized carbons (Fsp3) is 0.320. The van der Waals surface area contributed by atoms with Crippen LogP contribution in [0.1, 0.15) is 10.4 Å². The van der Waals surface area contributed by atoms with Crippen LogP contribution in [-0.4, -0.2) is 80.5 Å². The number of hydrogen-bond acceptors (Lipinski definition) is 5. The van der Waals surface area contributed by atoms with Crippen molar-refractivity contribution < 1.29 is 23.5 Å². The van der Waals surface area contributed by atoms with Gasteiger partial charge in [-0.1, -0.05) is 18.2 Å². The van der Waals surface area contributed by atoms with Crippen LogP contribution >= 0.6 is 0 Å². The normalized spacial score (nSPS) is 13.4. The van der Waals surface area contributed by atoms with Gasteiger partial charge in [0, 0.05) is 51.2 Å². The maximum absolute atomic E-state index is 13.9. The van der Waals surface area contributed by atoms with E-state index in [9.17, 15) is 18.8 Å². The first-order chi connectivity index (χ1) is 16.4. The van der Waals surface area contributed by atoms with E-state index >= 15 is 0 Å². The van der Waals surface area contributed by atoms with Crippen LogP contribution in [0.3, 0.4) is 0 Å². The minimum atomic E-state index is -0.511. The molecule has 1 heterocycles. The summed E-state index contributed by atoms with van der Waals surface area (Å²) in [7, 11) is 1.42. The van der Waals surface area contributed by atoms with E-state index in [1.54, 1.807) is 35.2 Å². The first-order valence-electron chi connectivity index (χ1n) is 11.0. The van der Waals surface area contributed by atoms with E-state index in [1.807, 2.05) is 12.1 Å². The molecule has 0 bridgehead atoms. The van der Waals surface area contributed by atoms with Gasteiger partial charge in [-0.05, 0) is 36.4 Å². The lowest BCUT2D eigenvalue weighted by Gasteiger charge is -2.36. The van der Waals surface area contributed by atoms with Crippen molar-refractivity contribution in [1.29, 1.82) is 0 Å². The molecule has 1 N–H and O–H groups in total. The highest BCUT2D eigenvalue weighted by atomic mass is 19.1. The van der Waals surface area contributed by atoms with Crippen LogP contribution < -0.4 is 10.2 Å². The number of amides is 3. The first kappa shape index (κ1) is 24.9. The first-order valence-corrected chi connectivity index (χ1v) is 11.0. The second kappa shape index (κ2) is 11.9. The topological polar surface area (TPSA) is 82.2 Å². The van der Waals surface area contributed by atoms with Gasteiger partial charge in [-0.15, -0.1) is 6.58 Å². The predicted octanol–water partition coefficient (Wildman–Crippen LogP) is 2.39. The third-order valence-corrected chi connectivity index (χ3v) is 5.49. The summed E-state index contributed by atoms with van der Waals surface area (Å²) in [6, 6.07) is 13.4. The molecule has 34 heavy (non-hydrogen) atoms. The molecule has 1 aliphatic rings. The summed E-state index contributed by atoms with van der Waals surface area (Å²) < 4.78 is 18.8. The Morgan fingerprint density at radius 2 is 1.76 bits per heavy atom. The van der Waals surface area contributed by atoms with Crippen molar-refractivity contribution in [3.8, 4) is 0 Å². The molecule has 0 saturated carbocycles. The number of nitrogens with one attached hydrogen (secondary N) is 1. The zero-order valence-electron chi connectivity index (χ0n) is 19.2. The highest BCUT2D eigenvalue weighted by Gasteiger charge is 2.24. The Balaban J connectivity index is 1.52. The number of carbonyl (C=O) groups excluding carboxylic acids is 3. The molecule has 0 radical (unpaired) electrons. The van der Waals surface area contributed by atoms with Crippen LogP contribution in [0.15, 0.2) is 61.2 Å². The van der Waals surface area contributed by atoms with Gasteiger partial charge in [-0.2, -0.15) is 0 Å². The number of carbonyl (C=O) groups is 3. The Bertz CT molecular complexity index is 1020. The molecule has 1 fully saturated rings. The van der Waals surface area contributed by atoms with E-state index in [2.05, 4.69) is 16.8 Å². The number of benzene rings is 2. The van der Waals surface area contributed by atoms with Crippen LogP contribution in [0.4, 0.5) is 15.8 Å². The SMILES string of the molecule is C=CCN(CC(=O)Nc1ccc(N2CCN(C(=O)c3ccccc3F)CC2)cc1)C(=O)COC. The lowest BCUT2D eigenvalue weighted by molar-refractivity contribution is -0.137. The number of hydrogen-bond donors (Lipinski definition) is 1. The smallest absolute Gasteiger partial charge is 0.256 e. The number of rotatable bonds is 9. The maximum atomic E-state index is 13.9. The molecule has 8 nitrogen and oxygen atoms in total. The highest BCUT2D eigenvalue weighted by Crippen LogP contribution is 2.21. The van der Waals surface area contributed by atoms with E-state index in [1.165, 1.54) is 24.1 Å². The van der Waals surface area contributed by atoms with Crippen molar-refractivity contribution in [3.05, 3.63) is 72.6 Å². The standard InChI is InChI=1S/C25H29FN4O4/c1-3-12-30(24(32)18-34-2)17-23(31)27-19-8-10-20(11-9-19)28-13-15-29(16-14-28)25(33)21-6-4-5-7-22(21)26/h3-11H,1,12-18H2,2H3,(H,27,31). The number of halogens is 1. The summed E-state index contributed by atoms with van der Waals surface area (Å²) in [4.78, 5) is 42.2. The fourth-order valence-electron chi connectivity index (χ4n) is 3.73. The quantitative estimate of drug-likeness (QED) is 0.572. The second-order valence-corrected chi connectivity index (χ2v) is 7.85. The minimum Gasteiger partial charge on any atom is -0.375 e. The van der Waals surface area contributed by atoms with Crippen molar-refractivity contribution in [1.82, 2.24) is 9.80 Å². The van der Waals surface area contributed by atoms with Crippen LogP contribution in [0.2, 0.25) is 0 Å². The molecule has 1 aliphatic heterocycles. The van der Waals surface area contributed by atoms with Crippen LogP contribution in [0.25, 0.3) is 0 Å². The minimum absolute atomic E-state index is 0.0895. The molecule has 2 aromatic carbocycles. The maximum Gasteiger partial charge on any atom is 0.256 e. The molecular formula is C25H29FN4O4. The van der Waals surface area contributed by atoms with Crippen LogP contribution in [0, 0.1) is 5.82 Å². The van der Waals surface area contributed by atoms with Crippen molar-refractivity contribution in [2.24, 2.45) is 0 Å². The Hall–Kier alpha value is -3.72. The fourth-order valence-corrected chi connectivity index (χ4v) is 3.73. The van der Waals surface area contributed by atoms with Crippen molar-refractivity contribution in [2.75, 3.05) is 63.2 Å². The average Bonchev–Trinajstić information content (AvgIpc) is 2.84. The van der Waals surface area contributed by atoms with Gasteiger partial charge >= 0.3 is 0 Å². The lowest BCUT2D eigenvalue weighted by Crippen LogP contribution is -2.49. The highest BCUT2D eigenvalue weighted by molar-refractivity contribution is 5.95.